The molecule has 1 rings (SSSR count). The van der Waals surface area contributed by atoms with E-state index in [0.29, 0.717) is 6.47 Å². The lowest BCUT2D eigenvalue weighted by Crippen LogP contribution is -2.33. The number of carbonyl (C=O) groups excluding carboxylic acids is 1. The molecule has 0 bridgehead atoms. The Morgan fingerprint density at radius 2 is 1.72 bits per heavy atom. The van der Waals surface area contributed by atoms with Crippen molar-refractivity contribution < 1.29 is 14.3 Å². The van der Waals surface area contributed by atoms with Crippen LogP contribution in [0.25, 0.3) is 0 Å². The third-order valence-electron chi connectivity index (χ3n) is 3.70. The van der Waals surface area contributed by atoms with E-state index in [4.69, 9.17) is 9.47 Å². The summed E-state index contributed by atoms with van der Waals surface area (Å²) in [5, 5.41) is 0. The minimum atomic E-state index is -0.0195. The highest BCUT2D eigenvalue weighted by atomic mass is 16.6. The molecule has 1 fully saturated rings. The normalized spacial score (nSPS) is 25.2. The maximum Gasteiger partial charge on any atom is 0.293 e. The predicted octanol–water partition coefficient (Wildman–Crippen LogP) is 3.85. The molecule has 106 valence electrons. The van der Waals surface area contributed by atoms with Crippen LogP contribution >= 0.6 is 0 Å². The molecule has 0 saturated heterocycles. The van der Waals surface area contributed by atoms with Gasteiger partial charge in [-0.15, -0.1) is 0 Å². The smallest absolute Gasteiger partial charge is 0.293 e. The Hall–Kier alpha value is -0.570. The lowest BCUT2D eigenvalue weighted by molar-refractivity contribution is -0.144. The first-order valence-electron chi connectivity index (χ1n) is 7.59. The third kappa shape index (κ3) is 6.39. The molecule has 2 atom stereocenters. The van der Waals surface area contributed by atoms with Gasteiger partial charge in [0.2, 0.25) is 0 Å². The molecule has 0 aliphatic heterocycles. The molecule has 0 aromatic rings. The topological polar surface area (TPSA) is 35.5 Å². The van der Waals surface area contributed by atoms with Crippen LogP contribution in [0.15, 0.2) is 0 Å². The Labute approximate surface area is 111 Å². The number of rotatable bonds is 8. The quantitative estimate of drug-likeness (QED) is 0.489. The minimum absolute atomic E-state index is 0.0195. The molecule has 2 unspecified atom stereocenters. The Kier molecular flexibility index (Phi) is 8.92. The van der Waals surface area contributed by atoms with E-state index in [0.717, 1.165) is 32.3 Å². The second-order valence-corrected chi connectivity index (χ2v) is 5.23. The average molecular weight is 256 g/mol. The first-order chi connectivity index (χ1) is 8.88. The number of carbonyl (C=O) groups is 1. The van der Waals surface area contributed by atoms with Crippen molar-refractivity contribution >= 4 is 6.47 Å². The van der Waals surface area contributed by atoms with E-state index in [1.54, 1.807) is 0 Å². The molecule has 3 nitrogen and oxygen atoms in total. The highest BCUT2D eigenvalue weighted by Gasteiger charge is 2.24. The highest BCUT2D eigenvalue weighted by Crippen LogP contribution is 2.22. The van der Waals surface area contributed by atoms with Crippen molar-refractivity contribution in [2.45, 2.75) is 83.3 Å². The molecule has 0 heterocycles. The summed E-state index contributed by atoms with van der Waals surface area (Å²) in [6, 6.07) is 0. The van der Waals surface area contributed by atoms with Crippen molar-refractivity contribution in [3.63, 3.8) is 0 Å². The molecule has 0 N–H and O–H groups in total. The summed E-state index contributed by atoms with van der Waals surface area (Å²) in [4.78, 5) is 10.6. The standard InChI is InChI=1S/C15H28O3/c1-2-3-4-9-12-17-14-10-7-5-6-8-11-15(14)18-13-16/h13-15H,2-12H2,1H3. The summed E-state index contributed by atoms with van der Waals surface area (Å²) in [5.41, 5.74) is 0. The summed E-state index contributed by atoms with van der Waals surface area (Å²) in [7, 11) is 0. The number of ether oxygens (including phenoxy) is 2. The lowest BCUT2D eigenvalue weighted by atomic mass is 9.96. The van der Waals surface area contributed by atoms with Crippen LogP contribution in [0.4, 0.5) is 0 Å². The molecule has 0 radical (unpaired) electrons. The van der Waals surface area contributed by atoms with Crippen molar-refractivity contribution in [3.05, 3.63) is 0 Å². The van der Waals surface area contributed by atoms with E-state index in [1.807, 2.05) is 0 Å². The second kappa shape index (κ2) is 10.4. The maximum atomic E-state index is 10.6. The molecule has 18 heavy (non-hydrogen) atoms. The zero-order valence-corrected chi connectivity index (χ0v) is 11.7. The SMILES string of the molecule is CCCCCCOC1CCCCCCC1OC=O. The zero-order valence-electron chi connectivity index (χ0n) is 11.7. The molecule has 1 saturated carbocycles. The van der Waals surface area contributed by atoms with E-state index in [2.05, 4.69) is 6.92 Å². The Balaban J connectivity index is 2.28. The van der Waals surface area contributed by atoms with Crippen LogP contribution in [0, 0.1) is 0 Å². The molecule has 1 aliphatic rings. The maximum absolute atomic E-state index is 10.6. The third-order valence-corrected chi connectivity index (χ3v) is 3.70. The molecule has 0 aromatic heterocycles. The molecule has 0 aromatic carbocycles. The second-order valence-electron chi connectivity index (χ2n) is 5.23. The predicted molar refractivity (Wildman–Crippen MR) is 72.5 cm³/mol. The average Bonchev–Trinajstić information content (AvgIpc) is 2.35. The van der Waals surface area contributed by atoms with Gasteiger partial charge in [0.25, 0.3) is 6.47 Å². The van der Waals surface area contributed by atoms with E-state index >= 15 is 0 Å². The van der Waals surface area contributed by atoms with Crippen LogP contribution in [-0.2, 0) is 14.3 Å². The van der Waals surface area contributed by atoms with Crippen molar-refractivity contribution in [1.29, 1.82) is 0 Å². The Morgan fingerprint density at radius 1 is 1.00 bits per heavy atom. The Morgan fingerprint density at radius 3 is 2.39 bits per heavy atom. The van der Waals surface area contributed by atoms with Gasteiger partial charge in [0.1, 0.15) is 6.10 Å². The van der Waals surface area contributed by atoms with Gasteiger partial charge in [0.05, 0.1) is 6.10 Å². The number of hydrogen-bond donors (Lipinski definition) is 0. The van der Waals surface area contributed by atoms with Crippen LogP contribution in [0.3, 0.4) is 0 Å². The van der Waals surface area contributed by atoms with Gasteiger partial charge in [-0.25, -0.2) is 0 Å². The van der Waals surface area contributed by atoms with Crippen LogP contribution in [0.1, 0.15) is 71.1 Å². The van der Waals surface area contributed by atoms with Gasteiger partial charge in [0.15, 0.2) is 0 Å². The van der Waals surface area contributed by atoms with Gasteiger partial charge in [-0.2, -0.15) is 0 Å². The fourth-order valence-electron chi connectivity index (χ4n) is 2.60. The molecule has 3 heteroatoms. The van der Waals surface area contributed by atoms with Crippen molar-refractivity contribution in [2.24, 2.45) is 0 Å². The largest absolute Gasteiger partial charge is 0.462 e. The molecular formula is C15H28O3. The van der Waals surface area contributed by atoms with E-state index in [9.17, 15) is 4.79 Å². The fraction of sp³-hybridized carbons (Fsp3) is 0.933. The van der Waals surface area contributed by atoms with Gasteiger partial charge in [-0.3, -0.25) is 4.79 Å². The first-order valence-corrected chi connectivity index (χ1v) is 7.59. The van der Waals surface area contributed by atoms with Crippen molar-refractivity contribution in [3.8, 4) is 0 Å². The fourth-order valence-corrected chi connectivity index (χ4v) is 2.60. The summed E-state index contributed by atoms with van der Waals surface area (Å²) >= 11 is 0. The number of hydrogen-bond acceptors (Lipinski definition) is 3. The van der Waals surface area contributed by atoms with Gasteiger partial charge in [-0.1, -0.05) is 45.4 Å². The summed E-state index contributed by atoms with van der Waals surface area (Å²) in [5.74, 6) is 0. The van der Waals surface area contributed by atoms with Crippen LogP contribution in [0.2, 0.25) is 0 Å². The van der Waals surface area contributed by atoms with E-state index < -0.39 is 0 Å². The van der Waals surface area contributed by atoms with Crippen LogP contribution in [-0.4, -0.2) is 25.3 Å². The Bertz CT molecular complexity index is 206. The molecular weight excluding hydrogens is 228 g/mol. The first kappa shape index (κ1) is 15.5. The van der Waals surface area contributed by atoms with Crippen molar-refractivity contribution in [1.82, 2.24) is 0 Å². The molecule has 1 aliphatic carbocycles. The summed E-state index contributed by atoms with van der Waals surface area (Å²) < 4.78 is 11.1. The summed E-state index contributed by atoms with van der Waals surface area (Å²) in [6.07, 6.45) is 11.9. The van der Waals surface area contributed by atoms with Crippen molar-refractivity contribution in [2.75, 3.05) is 6.61 Å². The van der Waals surface area contributed by atoms with E-state index in [1.165, 1.54) is 38.5 Å². The highest BCUT2D eigenvalue weighted by molar-refractivity contribution is 5.37. The van der Waals surface area contributed by atoms with Gasteiger partial charge >= 0.3 is 0 Å². The van der Waals surface area contributed by atoms with Crippen LogP contribution < -0.4 is 0 Å². The number of unbranched alkanes of at least 4 members (excludes halogenated alkanes) is 3. The zero-order chi connectivity index (χ0) is 13.1. The minimum Gasteiger partial charge on any atom is -0.462 e. The van der Waals surface area contributed by atoms with Gasteiger partial charge < -0.3 is 9.47 Å². The summed E-state index contributed by atoms with van der Waals surface area (Å²) in [6.45, 7) is 3.60. The molecule has 0 spiro atoms. The molecule has 0 amide bonds. The van der Waals surface area contributed by atoms with Crippen LogP contribution in [0.5, 0.6) is 0 Å². The van der Waals surface area contributed by atoms with Gasteiger partial charge in [0, 0.05) is 6.61 Å². The van der Waals surface area contributed by atoms with Gasteiger partial charge in [-0.05, 0) is 25.7 Å². The monoisotopic (exact) mass is 256 g/mol. The lowest BCUT2D eigenvalue weighted by Gasteiger charge is -2.28. The van der Waals surface area contributed by atoms with E-state index in [-0.39, 0.29) is 12.2 Å².